The SMILES string of the molecule is COC(=O)Nc1cccc(NC(C)c2ccoc2)c1. The quantitative estimate of drug-likeness (QED) is 0.881. The normalized spacial score (nSPS) is 11.7. The van der Waals surface area contributed by atoms with Crippen LogP contribution >= 0.6 is 0 Å². The van der Waals surface area contributed by atoms with Gasteiger partial charge in [0, 0.05) is 16.9 Å². The first-order valence-corrected chi connectivity index (χ1v) is 5.92. The van der Waals surface area contributed by atoms with E-state index in [0.29, 0.717) is 5.69 Å². The molecule has 0 saturated carbocycles. The maximum Gasteiger partial charge on any atom is 0.411 e. The second kappa shape index (κ2) is 5.95. The van der Waals surface area contributed by atoms with Gasteiger partial charge in [0.25, 0.3) is 0 Å². The molecule has 19 heavy (non-hydrogen) atoms. The standard InChI is InChI=1S/C14H16N2O3/c1-10(11-6-7-19-9-11)15-12-4-3-5-13(8-12)16-14(17)18-2/h3-10,15H,1-2H3,(H,16,17). The number of ether oxygens (including phenoxy) is 1. The highest BCUT2D eigenvalue weighted by Gasteiger charge is 2.07. The van der Waals surface area contributed by atoms with E-state index in [-0.39, 0.29) is 6.04 Å². The molecule has 0 aliphatic carbocycles. The number of furan rings is 1. The van der Waals surface area contributed by atoms with Gasteiger partial charge in [0.1, 0.15) is 0 Å². The number of amides is 1. The zero-order valence-electron chi connectivity index (χ0n) is 10.8. The van der Waals surface area contributed by atoms with Gasteiger partial charge in [-0.1, -0.05) is 6.07 Å². The van der Waals surface area contributed by atoms with E-state index < -0.39 is 6.09 Å². The molecule has 2 rings (SSSR count). The molecule has 0 radical (unpaired) electrons. The third-order valence-electron chi connectivity index (χ3n) is 2.72. The highest BCUT2D eigenvalue weighted by atomic mass is 16.5. The lowest BCUT2D eigenvalue weighted by Gasteiger charge is -2.14. The highest BCUT2D eigenvalue weighted by Crippen LogP contribution is 2.22. The fourth-order valence-corrected chi connectivity index (χ4v) is 1.71. The third kappa shape index (κ3) is 3.51. The first kappa shape index (κ1) is 13.0. The molecule has 1 heterocycles. The van der Waals surface area contributed by atoms with Crippen LogP contribution in [0.15, 0.2) is 47.3 Å². The molecular formula is C14H16N2O3. The molecule has 0 fully saturated rings. The summed E-state index contributed by atoms with van der Waals surface area (Å²) in [5.41, 5.74) is 2.64. The van der Waals surface area contributed by atoms with E-state index in [0.717, 1.165) is 11.3 Å². The van der Waals surface area contributed by atoms with Gasteiger partial charge in [-0.25, -0.2) is 4.79 Å². The molecule has 1 unspecified atom stereocenters. The van der Waals surface area contributed by atoms with Crippen LogP contribution < -0.4 is 10.6 Å². The summed E-state index contributed by atoms with van der Waals surface area (Å²) < 4.78 is 9.60. The number of benzene rings is 1. The topological polar surface area (TPSA) is 63.5 Å². The van der Waals surface area contributed by atoms with Crippen molar-refractivity contribution in [3.8, 4) is 0 Å². The molecule has 0 saturated heterocycles. The van der Waals surface area contributed by atoms with Gasteiger partial charge in [-0.05, 0) is 31.2 Å². The summed E-state index contributed by atoms with van der Waals surface area (Å²) in [7, 11) is 1.33. The molecule has 1 aromatic carbocycles. The van der Waals surface area contributed by atoms with Crippen molar-refractivity contribution in [3.05, 3.63) is 48.4 Å². The lowest BCUT2D eigenvalue weighted by Crippen LogP contribution is -2.11. The molecule has 2 aromatic rings. The number of carbonyl (C=O) groups is 1. The highest BCUT2D eigenvalue weighted by molar-refractivity contribution is 5.85. The molecule has 0 spiro atoms. The molecule has 100 valence electrons. The fourth-order valence-electron chi connectivity index (χ4n) is 1.71. The van der Waals surface area contributed by atoms with Crippen LogP contribution in [-0.2, 0) is 4.74 Å². The summed E-state index contributed by atoms with van der Waals surface area (Å²) >= 11 is 0. The average Bonchev–Trinajstić information content (AvgIpc) is 2.93. The molecule has 1 aromatic heterocycles. The maximum atomic E-state index is 11.1. The summed E-state index contributed by atoms with van der Waals surface area (Å²) in [5, 5.41) is 5.94. The third-order valence-corrected chi connectivity index (χ3v) is 2.72. The van der Waals surface area contributed by atoms with Crippen molar-refractivity contribution in [1.82, 2.24) is 0 Å². The van der Waals surface area contributed by atoms with Crippen molar-refractivity contribution in [2.24, 2.45) is 0 Å². The van der Waals surface area contributed by atoms with Crippen molar-refractivity contribution in [2.45, 2.75) is 13.0 Å². The van der Waals surface area contributed by atoms with Crippen LogP contribution in [0.2, 0.25) is 0 Å². The van der Waals surface area contributed by atoms with Gasteiger partial charge in [-0.2, -0.15) is 0 Å². The number of hydrogen-bond acceptors (Lipinski definition) is 4. The van der Waals surface area contributed by atoms with Crippen LogP contribution in [0.4, 0.5) is 16.2 Å². The van der Waals surface area contributed by atoms with Crippen LogP contribution in [-0.4, -0.2) is 13.2 Å². The molecule has 2 N–H and O–H groups in total. The Morgan fingerprint density at radius 1 is 1.32 bits per heavy atom. The van der Waals surface area contributed by atoms with Crippen LogP contribution in [0.3, 0.4) is 0 Å². The Morgan fingerprint density at radius 3 is 2.79 bits per heavy atom. The molecule has 1 atom stereocenters. The zero-order valence-corrected chi connectivity index (χ0v) is 10.8. The van der Waals surface area contributed by atoms with E-state index in [2.05, 4.69) is 15.4 Å². The average molecular weight is 260 g/mol. The van der Waals surface area contributed by atoms with Gasteiger partial charge in [-0.15, -0.1) is 0 Å². The fraction of sp³-hybridized carbons (Fsp3) is 0.214. The molecule has 1 amide bonds. The van der Waals surface area contributed by atoms with Crippen LogP contribution in [0, 0.1) is 0 Å². The minimum Gasteiger partial charge on any atom is -0.472 e. The number of methoxy groups -OCH3 is 1. The molecule has 5 nitrogen and oxygen atoms in total. The summed E-state index contributed by atoms with van der Waals surface area (Å²) in [4.78, 5) is 11.1. The van der Waals surface area contributed by atoms with Crippen LogP contribution in [0.25, 0.3) is 0 Å². The Bertz CT molecular complexity index is 537. The molecule has 0 aliphatic heterocycles. The van der Waals surface area contributed by atoms with E-state index in [1.807, 2.05) is 31.2 Å². The minimum absolute atomic E-state index is 0.118. The van der Waals surface area contributed by atoms with Gasteiger partial charge in [0.2, 0.25) is 0 Å². The zero-order chi connectivity index (χ0) is 13.7. The van der Waals surface area contributed by atoms with Crippen molar-refractivity contribution < 1.29 is 13.9 Å². The van der Waals surface area contributed by atoms with E-state index >= 15 is 0 Å². The predicted molar refractivity (Wildman–Crippen MR) is 73.2 cm³/mol. The van der Waals surface area contributed by atoms with Crippen molar-refractivity contribution in [2.75, 3.05) is 17.7 Å². The second-order valence-electron chi connectivity index (χ2n) is 4.12. The van der Waals surface area contributed by atoms with Gasteiger partial charge < -0.3 is 14.5 Å². The van der Waals surface area contributed by atoms with Gasteiger partial charge in [0.15, 0.2) is 0 Å². The minimum atomic E-state index is -0.486. The van der Waals surface area contributed by atoms with Crippen molar-refractivity contribution in [3.63, 3.8) is 0 Å². The van der Waals surface area contributed by atoms with Gasteiger partial charge in [0.05, 0.1) is 25.7 Å². The molecule has 5 heteroatoms. The number of nitrogens with one attached hydrogen (secondary N) is 2. The maximum absolute atomic E-state index is 11.1. The van der Waals surface area contributed by atoms with Crippen LogP contribution in [0.1, 0.15) is 18.5 Å². The molecule has 0 aliphatic rings. The summed E-state index contributed by atoms with van der Waals surface area (Å²) in [5.74, 6) is 0. The second-order valence-corrected chi connectivity index (χ2v) is 4.12. The molecular weight excluding hydrogens is 244 g/mol. The van der Waals surface area contributed by atoms with E-state index in [1.165, 1.54) is 7.11 Å². The Hall–Kier alpha value is -2.43. The first-order chi connectivity index (χ1) is 9.19. The van der Waals surface area contributed by atoms with Gasteiger partial charge in [-0.3, -0.25) is 5.32 Å². The summed E-state index contributed by atoms with van der Waals surface area (Å²) in [6.07, 6.45) is 2.86. The van der Waals surface area contributed by atoms with E-state index in [1.54, 1.807) is 18.6 Å². The predicted octanol–water partition coefficient (Wildman–Crippen LogP) is 3.63. The summed E-state index contributed by atoms with van der Waals surface area (Å²) in [6, 6.07) is 9.45. The van der Waals surface area contributed by atoms with E-state index in [9.17, 15) is 4.79 Å². The number of carbonyl (C=O) groups excluding carboxylic acids is 1. The number of rotatable bonds is 4. The van der Waals surface area contributed by atoms with Crippen molar-refractivity contribution >= 4 is 17.5 Å². The Balaban J connectivity index is 2.04. The van der Waals surface area contributed by atoms with Crippen LogP contribution in [0.5, 0.6) is 0 Å². The number of hydrogen-bond donors (Lipinski definition) is 2. The smallest absolute Gasteiger partial charge is 0.411 e. The lowest BCUT2D eigenvalue weighted by atomic mass is 10.1. The number of anilines is 2. The Kier molecular flexibility index (Phi) is 4.07. The Morgan fingerprint density at radius 2 is 2.11 bits per heavy atom. The summed E-state index contributed by atoms with van der Waals surface area (Å²) in [6.45, 7) is 2.03. The molecule has 0 bridgehead atoms. The monoisotopic (exact) mass is 260 g/mol. The van der Waals surface area contributed by atoms with E-state index in [4.69, 9.17) is 4.42 Å². The Labute approximate surface area is 111 Å². The van der Waals surface area contributed by atoms with Crippen molar-refractivity contribution in [1.29, 1.82) is 0 Å². The van der Waals surface area contributed by atoms with Gasteiger partial charge >= 0.3 is 6.09 Å². The lowest BCUT2D eigenvalue weighted by molar-refractivity contribution is 0.187. The first-order valence-electron chi connectivity index (χ1n) is 5.92. The largest absolute Gasteiger partial charge is 0.472 e.